The fourth-order valence-corrected chi connectivity index (χ4v) is 8.66. The van der Waals surface area contributed by atoms with Crippen LogP contribution in [0.3, 0.4) is 0 Å². The summed E-state index contributed by atoms with van der Waals surface area (Å²) in [5, 5.41) is 2.95. The Balaban J connectivity index is 1.43. The highest BCUT2D eigenvalue weighted by Crippen LogP contribution is 2.63. The molecule has 1 heterocycles. The van der Waals surface area contributed by atoms with Crippen molar-refractivity contribution in [3.63, 3.8) is 0 Å². The Hall–Kier alpha value is -3.94. The summed E-state index contributed by atoms with van der Waals surface area (Å²) in [4.78, 5) is 2.77. The van der Waals surface area contributed by atoms with E-state index in [1.807, 2.05) is 11.3 Å². The molecule has 0 radical (unpaired) electrons. The topological polar surface area (TPSA) is 0 Å². The van der Waals surface area contributed by atoms with Crippen molar-refractivity contribution in [3.8, 4) is 65.4 Å². The van der Waals surface area contributed by atoms with Gasteiger partial charge in [-0.25, -0.2) is 0 Å². The molecule has 8 rings (SSSR count). The number of hydrogen-bond acceptors (Lipinski definition) is 1. The highest BCUT2D eigenvalue weighted by molar-refractivity contribution is 7.20. The van der Waals surface area contributed by atoms with Crippen LogP contribution in [0.25, 0.3) is 76.2 Å². The third-order valence-electron chi connectivity index (χ3n) is 9.20. The molecule has 0 fully saturated rings. The van der Waals surface area contributed by atoms with Gasteiger partial charge < -0.3 is 0 Å². The maximum atomic E-state index is 2.46. The molecule has 0 amide bonds. The molecule has 0 unspecified atom stereocenters. The van der Waals surface area contributed by atoms with E-state index in [2.05, 4.69) is 111 Å². The van der Waals surface area contributed by atoms with Crippen LogP contribution in [0.4, 0.5) is 0 Å². The van der Waals surface area contributed by atoms with Crippen molar-refractivity contribution in [3.05, 3.63) is 108 Å². The summed E-state index contributed by atoms with van der Waals surface area (Å²) in [6.07, 6.45) is 7.23. The molecule has 0 N–H and O–H groups in total. The standard InChI is InChI=1S/C40H34S/c1-3-5-13-25-19-20-26(14-6-4-2)34-30-22-24-32-36-31(23-21-29(33(25)34)35(30)36)37-38(32)40(28-17-11-8-12-18-28)41-39(37)27-15-9-7-10-16-27/h7-12,15-24H,3-6,13-14H2,1-2H3. The highest BCUT2D eigenvalue weighted by Gasteiger charge is 2.35. The lowest BCUT2D eigenvalue weighted by Crippen LogP contribution is -1.96. The second kappa shape index (κ2) is 9.86. The first-order valence-electron chi connectivity index (χ1n) is 15.3. The number of hydrogen-bond donors (Lipinski definition) is 0. The van der Waals surface area contributed by atoms with Gasteiger partial charge in [0.05, 0.1) is 0 Å². The molecule has 6 aromatic rings. The first-order chi connectivity index (χ1) is 20.3. The summed E-state index contributed by atoms with van der Waals surface area (Å²) in [6.45, 7) is 4.61. The first kappa shape index (κ1) is 24.8. The van der Waals surface area contributed by atoms with Gasteiger partial charge in [0.15, 0.2) is 0 Å². The molecule has 0 atom stereocenters. The summed E-state index contributed by atoms with van der Waals surface area (Å²) in [5.74, 6) is 0. The summed E-state index contributed by atoms with van der Waals surface area (Å²) < 4.78 is 0. The number of unbranched alkanes of at least 4 members (excludes halogenated alkanes) is 2. The van der Waals surface area contributed by atoms with Crippen molar-refractivity contribution in [2.45, 2.75) is 52.4 Å². The molecular formula is C40H34S. The van der Waals surface area contributed by atoms with Gasteiger partial charge in [0, 0.05) is 20.9 Å². The second-order valence-corrected chi connectivity index (χ2v) is 12.7. The van der Waals surface area contributed by atoms with E-state index in [1.54, 1.807) is 0 Å². The minimum absolute atomic E-state index is 1.15. The molecule has 2 aliphatic carbocycles. The van der Waals surface area contributed by atoms with E-state index >= 15 is 0 Å². The average molecular weight is 547 g/mol. The van der Waals surface area contributed by atoms with E-state index in [0.717, 1.165) is 12.8 Å². The van der Waals surface area contributed by atoms with Crippen LogP contribution < -0.4 is 0 Å². The van der Waals surface area contributed by atoms with Crippen LogP contribution in [-0.2, 0) is 12.8 Å². The second-order valence-electron chi connectivity index (χ2n) is 11.7. The summed E-state index contributed by atoms with van der Waals surface area (Å²) in [7, 11) is 0. The van der Waals surface area contributed by atoms with Crippen molar-refractivity contribution in [2.75, 3.05) is 0 Å². The summed E-state index contributed by atoms with van der Waals surface area (Å²) >= 11 is 1.95. The van der Waals surface area contributed by atoms with Gasteiger partial charge in [0.2, 0.25) is 0 Å². The predicted octanol–water partition coefficient (Wildman–Crippen LogP) is 12.2. The number of rotatable bonds is 8. The zero-order valence-corrected chi connectivity index (χ0v) is 24.7. The Morgan fingerprint density at radius 2 is 0.829 bits per heavy atom. The van der Waals surface area contributed by atoms with E-state index in [-0.39, 0.29) is 0 Å². The van der Waals surface area contributed by atoms with E-state index in [1.165, 1.54) is 113 Å². The zero-order valence-electron chi connectivity index (χ0n) is 23.9. The van der Waals surface area contributed by atoms with Gasteiger partial charge in [0.25, 0.3) is 0 Å². The van der Waals surface area contributed by atoms with Gasteiger partial charge in [-0.3, -0.25) is 0 Å². The summed E-state index contributed by atoms with van der Waals surface area (Å²) in [5.41, 5.74) is 17.3. The maximum Gasteiger partial charge on any atom is 0.0434 e. The van der Waals surface area contributed by atoms with Gasteiger partial charge >= 0.3 is 0 Å². The normalized spacial score (nSPS) is 12.2. The number of benzene rings is 5. The maximum absolute atomic E-state index is 2.46. The molecule has 0 spiro atoms. The predicted molar refractivity (Wildman–Crippen MR) is 179 cm³/mol. The van der Waals surface area contributed by atoms with Crippen LogP contribution in [0.1, 0.15) is 50.7 Å². The minimum Gasteiger partial charge on any atom is -0.134 e. The fraction of sp³-hybridized carbons (Fsp3) is 0.200. The molecule has 5 aromatic carbocycles. The van der Waals surface area contributed by atoms with Gasteiger partial charge in [-0.1, -0.05) is 124 Å². The number of thiophene rings is 1. The van der Waals surface area contributed by atoms with Gasteiger partial charge in [0.1, 0.15) is 0 Å². The molecule has 0 saturated carbocycles. The smallest absolute Gasteiger partial charge is 0.0434 e. The lowest BCUT2D eigenvalue weighted by molar-refractivity contribution is 0.788. The molecule has 1 aromatic heterocycles. The molecule has 1 heteroatoms. The summed E-state index contributed by atoms with van der Waals surface area (Å²) in [6, 6.07) is 36.7. The van der Waals surface area contributed by atoms with Crippen LogP contribution in [0, 0.1) is 0 Å². The molecule has 2 aliphatic rings. The Bertz CT molecular complexity index is 1800. The monoisotopic (exact) mass is 546 g/mol. The Labute approximate surface area is 247 Å². The van der Waals surface area contributed by atoms with Crippen molar-refractivity contribution in [1.82, 2.24) is 0 Å². The van der Waals surface area contributed by atoms with Gasteiger partial charge in [-0.15, -0.1) is 11.3 Å². The zero-order chi connectivity index (χ0) is 27.5. The number of aryl methyl sites for hydroxylation is 2. The molecule has 200 valence electrons. The first-order valence-corrected chi connectivity index (χ1v) is 16.1. The van der Waals surface area contributed by atoms with E-state index < -0.39 is 0 Å². The van der Waals surface area contributed by atoms with Crippen molar-refractivity contribution in [2.24, 2.45) is 0 Å². The van der Waals surface area contributed by atoms with Crippen LogP contribution in [0.5, 0.6) is 0 Å². The number of fused-ring (bicyclic) bond motifs is 6. The van der Waals surface area contributed by atoms with Crippen LogP contribution >= 0.6 is 11.3 Å². The highest BCUT2D eigenvalue weighted by atomic mass is 32.1. The van der Waals surface area contributed by atoms with Crippen molar-refractivity contribution in [1.29, 1.82) is 0 Å². The van der Waals surface area contributed by atoms with E-state index in [4.69, 9.17) is 0 Å². The third-order valence-corrected chi connectivity index (χ3v) is 10.5. The Morgan fingerprint density at radius 3 is 1.22 bits per heavy atom. The lowest BCUT2D eigenvalue weighted by Gasteiger charge is -2.15. The van der Waals surface area contributed by atoms with Crippen molar-refractivity contribution < 1.29 is 0 Å². The molecule has 0 nitrogen and oxygen atoms in total. The average Bonchev–Trinajstić information content (AvgIpc) is 3.68. The van der Waals surface area contributed by atoms with Gasteiger partial charge in [-0.05, 0) is 92.1 Å². The SMILES string of the molecule is CCCCc1ccc(CCCC)c2c1-c1ccc3c4c(ccc-2c14)-c1c(-c2ccccc2)sc(-c2ccccc2)c1-3. The molecule has 0 bridgehead atoms. The van der Waals surface area contributed by atoms with E-state index in [0.29, 0.717) is 0 Å². The fourth-order valence-electron chi connectivity index (χ4n) is 7.31. The Morgan fingerprint density at radius 1 is 0.439 bits per heavy atom. The molecule has 0 saturated heterocycles. The van der Waals surface area contributed by atoms with Gasteiger partial charge in [-0.2, -0.15) is 0 Å². The quantitative estimate of drug-likeness (QED) is 0.178. The molecule has 0 aliphatic heterocycles. The minimum atomic E-state index is 1.15. The molecule has 41 heavy (non-hydrogen) atoms. The lowest BCUT2D eigenvalue weighted by atomic mass is 9.89. The van der Waals surface area contributed by atoms with Crippen LogP contribution in [0.2, 0.25) is 0 Å². The third kappa shape index (κ3) is 3.65. The Kier molecular flexibility index (Phi) is 5.97. The van der Waals surface area contributed by atoms with Crippen LogP contribution in [-0.4, -0.2) is 0 Å². The van der Waals surface area contributed by atoms with Crippen LogP contribution in [0.15, 0.2) is 97.1 Å². The molecular weight excluding hydrogens is 513 g/mol. The van der Waals surface area contributed by atoms with Crippen molar-refractivity contribution >= 4 is 22.1 Å². The van der Waals surface area contributed by atoms with E-state index in [9.17, 15) is 0 Å². The largest absolute Gasteiger partial charge is 0.134 e.